The molecule has 1 aromatic heterocycles. The number of hydrogen-bond acceptors (Lipinski definition) is 4. The normalized spacial score (nSPS) is 23.1. The minimum atomic E-state index is -4.69. The van der Waals surface area contributed by atoms with Gasteiger partial charge >= 0.3 is 18.2 Å². The molecule has 1 fully saturated rings. The molecule has 1 spiro atoms. The summed E-state index contributed by atoms with van der Waals surface area (Å²) in [6, 6.07) is 0.820. The zero-order valence-corrected chi connectivity index (χ0v) is 13.9. The minimum absolute atomic E-state index is 0.00738. The molecule has 1 unspecified atom stereocenters. The van der Waals surface area contributed by atoms with Gasteiger partial charge in [0, 0.05) is 23.9 Å². The second-order valence-corrected chi connectivity index (χ2v) is 7.36. The van der Waals surface area contributed by atoms with E-state index in [2.05, 4.69) is 4.98 Å². The highest BCUT2D eigenvalue weighted by Gasteiger charge is 2.54. The Morgan fingerprint density at radius 2 is 2.00 bits per heavy atom. The second kappa shape index (κ2) is 5.09. The van der Waals surface area contributed by atoms with Crippen molar-refractivity contribution in [3.63, 3.8) is 0 Å². The predicted molar refractivity (Wildman–Crippen MR) is 79.2 cm³/mol. The van der Waals surface area contributed by atoms with E-state index in [-0.39, 0.29) is 36.3 Å². The number of fused-ring (bicyclic) bond motifs is 2. The maximum absolute atomic E-state index is 13.3. The van der Waals surface area contributed by atoms with Crippen LogP contribution >= 0.6 is 0 Å². The van der Waals surface area contributed by atoms with Crippen LogP contribution in [0.2, 0.25) is 0 Å². The van der Waals surface area contributed by atoms with Crippen molar-refractivity contribution in [3.8, 4) is 0 Å². The third-order valence-corrected chi connectivity index (χ3v) is 4.51. The first-order valence-electron chi connectivity index (χ1n) is 7.69. The van der Waals surface area contributed by atoms with Gasteiger partial charge in [-0.05, 0) is 6.07 Å². The minimum Gasteiger partial charge on any atom is -0.465 e. The Labute approximate surface area is 141 Å². The molecule has 9 heteroatoms. The van der Waals surface area contributed by atoms with Gasteiger partial charge in [-0.1, -0.05) is 20.8 Å². The molecule has 3 rings (SSSR count). The summed E-state index contributed by atoms with van der Waals surface area (Å²) >= 11 is 0. The topological polar surface area (TPSA) is 79.7 Å². The zero-order valence-electron chi connectivity index (χ0n) is 13.9. The van der Waals surface area contributed by atoms with Gasteiger partial charge in [-0.15, -0.1) is 0 Å². The molecule has 0 aliphatic carbocycles. The van der Waals surface area contributed by atoms with E-state index in [0.29, 0.717) is 0 Å². The maximum Gasteiger partial charge on any atom is 0.433 e. The average molecular weight is 358 g/mol. The lowest BCUT2D eigenvalue weighted by atomic mass is 9.83. The lowest BCUT2D eigenvalue weighted by molar-refractivity contribution is -0.141. The molecule has 2 aliphatic rings. The second-order valence-electron chi connectivity index (χ2n) is 7.36. The number of likely N-dealkylation sites (tertiary alicyclic amines) is 1. The van der Waals surface area contributed by atoms with Crippen molar-refractivity contribution in [1.82, 2.24) is 9.88 Å². The van der Waals surface area contributed by atoms with Crippen molar-refractivity contribution in [2.45, 2.75) is 44.4 Å². The van der Waals surface area contributed by atoms with Crippen LogP contribution in [-0.4, -0.2) is 40.1 Å². The Hall–Kier alpha value is -2.32. The van der Waals surface area contributed by atoms with Crippen molar-refractivity contribution in [2.24, 2.45) is 0 Å². The summed E-state index contributed by atoms with van der Waals surface area (Å²) in [5, 5.41) is 9.13. The lowest BCUT2D eigenvalue weighted by Gasteiger charge is -2.25. The summed E-state index contributed by atoms with van der Waals surface area (Å²) in [7, 11) is 0. The van der Waals surface area contributed by atoms with Gasteiger partial charge in [0.05, 0.1) is 17.8 Å². The van der Waals surface area contributed by atoms with Crippen LogP contribution in [0.4, 0.5) is 18.0 Å². The van der Waals surface area contributed by atoms with Crippen LogP contribution in [0.1, 0.15) is 54.5 Å². The largest absolute Gasteiger partial charge is 0.465 e. The van der Waals surface area contributed by atoms with Gasteiger partial charge in [-0.3, -0.25) is 0 Å². The van der Waals surface area contributed by atoms with E-state index < -0.39 is 34.9 Å². The molecular formula is C16H17F3N2O4. The molecule has 1 N–H and O–H groups in total. The molecule has 1 amide bonds. The Kier molecular flexibility index (Phi) is 3.56. The van der Waals surface area contributed by atoms with Crippen molar-refractivity contribution < 1.29 is 32.6 Å². The van der Waals surface area contributed by atoms with Crippen LogP contribution in [0.25, 0.3) is 0 Å². The number of aromatic nitrogens is 1. The third kappa shape index (κ3) is 2.71. The van der Waals surface area contributed by atoms with Gasteiger partial charge in [0.15, 0.2) is 5.60 Å². The first-order valence-corrected chi connectivity index (χ1v) is 7.69. The van der Waals surface area contributed by atoms with Gasteiger partial charge in [0.1, 0.15) is 5.69 Å². The van der Waals surface area contributed by atoms with Crippen molar-refractivity contribution >= 4 is 12.1 Å². The van der Waals surface area contributed by atoms with E-state index in [1.165, 1.54) is 0 Å². The van der Waals surface area contributed by atoms with Crippen LogP contribution in [0.3, 0.4) is 0 Å². The fourth-order valence-electron chi connectivity index (χ4n) is 3.33. The first kappa shape index (κ1) is 17.5. The molecule has 136 valence electrons. The number of hydrogen-bond donors (Lipinski definition) is 1. The Balaban J connectivity index is 2.23. The number of ether oxygens (including phenoxy) is 1. The molecule has 3 heterocycles. The number of carbonyl (C=O) groups excluding carboxylic acids is 1. The number of pyridine rings is 1. The van der Waals surface area contributed by atoms with E-state index in [4.69, 9.17) is 9.84 Å². The highest BCUT2D eigenvalue weighted by Crippen LogP contribution is 2.47. The third-order valence-electron chi connectivity index (χ3n) is 4.51. The Morgan fingerprint density at radius 1 is 1.36 bits per heavy atom. The smallest absolute Gasteiger partial charge is 0.433 e. The first-order chi connectivity index (χ1) is 11.3. The molecule has 0 radical (unpaired) electrons. The van der Waals surface area contributed by atoms with Gasteiger partial charge in [-0.2, -0.15) is 13.2 Å². The Morgan fingerprint density at radius 3 is 2.48 bits per heavy atom. The molecule has 1 atom stereocenters. The van der Waals surface area contributed by atoms with E-state index in [9.17, 15) is 22.8 Å². The zero-order chi connectivity index (χ0) is 18.8. The number of rotatable bonds is 0. The summed E-state index contributed by atoms with van der Waals surface area (Å²) in [6.07, 6.45) is -5.78. The van der Waals surface area contributed by atoms with Crippen LogP contribution in [-0.2, 0) is 21.9 Å². The van der Waals surface area contributed by atoms with E-state index in [1.54, 1.807) is 20.8 Å². The van der Waals surface area contributed by atoms with Gasteiger partial charge in [-0.25, -0.2) is 14.6 Å². The maximum atomic E-state index is 13.3. The van der Waals surface area contributed by atoms with E-state index in [1.807, 2.05) is 0 Å². The van der Waals surface area contributed by atoms with Crippen molar-refractivity contribution in [3.05, 3.63) is 28.6 Å². The molecular weight excluding hydrogens is 341 g/mol. The van der Waals surface area contributed by atoms with Gasteiger partial charge in [0.25, 0.3) is 0 Å². The van der Waals surface area contributed by atoms with Crippen LogP contribution < -0.4 is 0 Å². The number of nitrogens with zero attached hydrogens (tertiary/aromatic N) is 2. The molecule has 0 bridgehead atoms. The summed E-state index contributed by atoms with van der Waals surface area (Å²) in [5.41, 5.74) is -3.20. The Bertz CT molecular complexity index is 770. The van der Waals surface area contributed by atoms with Crippen LogP contribution in [0.5, 0.6) is 0 Å². The van der Waals surface area contributed by atoms with Crippen LogP contribution in [0.15, 0.2) is 6.07 Å². The molecule has 0 aromatic carbocycles. The number of esters is 1. The number of carbonyl (C=O) groups is 2. The molecule has 1 aromatic rings. The molecule has 1 saturated heterocycles. The summed E-state index contributed by atoms with van der Waals surface area (Å²) < 4.78 is 45.3. The standard InChI is InChI=1S/C16H17F3N2O4/c1-14(2,3)11-10-8(6-9(20-11)16(17,18)19)15(25-12(10)22)4-5-21(7-15)13(23)24/h6H,4-5,7H2,1-3H3,(H,23,24). The predicted octanol–water partition coefficient (Wildman–Crippen LogP) is 3.15. The number of amides is 1. The van der Waals surface area contributed by atoms with Gasteiger partial charge < -0.3 is 14.7 Å². The summed E-state index contributed by atoms with van der Waals surface area (Å²) in [4.78, 5) is 28.3. The molecule has 25 heavy (non-hydrogen) atoms. The van der Waals surface area contributed by atoms with Crippen molar-refractivity contribution in [2.75, 3.05) is 13.1 Å². The molecule has 0 saturated carbocycles. The number of alkyl halides is 3. The quantitative estimate of drug-likeness (QED) is 0.721. The fraction of sp³-hybridized carbons (Fsp3) is 0.562. The average Bonchev–Trinajstić information content (AvgIpc) is 3.00. The summed E-state index contributed by atoms with van der Waals surface area (Å²) in [6.45, 7) is 4.87. The van der Waals surface area contributed by atoms with Crippen molar-refractivity contribution in [1.29, 1.82) is 0 Å². The SMILES string of the molecule is CC(C)(C)c1nc(C(F)(F)F)cc2c1C(=O)OC21CCN(C(=O)O)C1. The molecule has 2 aliphatic heterocycles. The molecule has 6 nitrogen and oxygen atoms in total. The summed E-state index contributed by atoms with van der Waals surface area (Å²) in [5.74, 6) is -0.756. The lowest BCUT2D eigenvalue weighted by Crippen LogP contribution is -2.34. The number of carboxylic acid groups (broad SMARTS) is 1. The highest BCUT2D eigenvalue weighted by atomic mass is 19.4. The van der Waals surface area contributed by atoms with E-state index >= 15 is 0 Å². The van der Waals surface area contributed by atoms with Gasteiger partial charge in [0.2, 0.25) is 0 Å². The highest BCUT2D eigenvalue weighted by molar-refractivity contribution is 5.96. The van der Waals surface area contributed by atoms with Crippen LogP contribution in [0, 0.1) is 0 Å². The fourth-order valence-corrected chi connectivity index (χ4v) is 3.33. The monoisotopic (exact) mass is 358 g/mol. The number of halogens is 3. The van der Waals surface area contributed by atoms with E-state index in [0.717, 1.165) is 11.0 Å².